The van der Waals surface area contributed by atoms with E-state index in [1.165, 1.54) is 11.8 Å². The second-order valence-electron chi connectivity index (χ2n) is 5.81. The highest BCUT2D eigenvalue weighted by Crippen LogP contribution is 2.28. The van der Waals surface area contributed by atoms with Crippen molar-refractivity contribution in [2.45, 2.75) is 32.0 Å². The van der Waals surface area contributed by atoms with E-state index in [0.29, 0.717) is 20.9 Å². The molecular weight excluding hydrogens is 407 g/mol. The molecule has 0 saturated carbocycles. The van der Waals surface area contributed by atoms with Gasteiger partial charge in [-0.2, -0.15) is 0 Å². The molecule has 0 spiro atoms. The van der Waals surface area contributed by atoms with Gasteiger partial charge >= 0.3 is 0 Å². The number of hydrogen-bond acceptors (Lipinski definition) is 5. The molecule has 0 saturated heterocycles. The van der Waals surface area contributed by atoms with Gasteiger partial charge in [-0.3, -0.25) is 4.79 Å². The first-order chi connectivity index (χ1) is 13.0. The Hall–Kier alpha value is -1.96. The van der Waals surface area contributed by atoms with E-state index in [0.717, 1.165) is 30.1 Å². The Morgan fingerprint density at radius 3 is 2.81 bits per heavy atom. The van der Waals surface area contributed by atoms with Crippen molar-refractivity contribution in [3.8, 4) is 11.4 Å². The summed E-state index contributed by atoms with van der Waals surface area (Å²) in [7, 11) is 0. The van der Waals surface area contributed by atoms with Crippen molar-refractivity contribution in [3.63, 3.8) is 0 Å². The molecule has 1 N–H and O–H groups in total. The van der Waals surface area contributed by atoms with Gasteiger partial charge in [-0.05, 0) is 37.6 Å². The van der Waals surface area contributed by atoms with Crippen molar-refractivity contribution >= 4 is 46.6 Å². The van der Waals surface area contributed by atoms with Gasteiger partial charge in [0.2, 0.25) is 5.91 Å². The molecule has 27 heavy (non-hydrogen) atoms. The molecule has 142 valence electrons. The minimum Gasteiger partial charge on any atom is -0.469 e. The third-order valence-electron chi connectivity index (χ3n) is 3.80. The first-order valence-corrected chi connectivity index (χ1v) is 10.1. The normalized spacial score (nSPS) is 11.0. The van der Waals surface area contributed by atoms with Gasteiger partial charge in [0.15, 0.2) is 11.0 Å². The van der Waals surface area contributed by atoms with E-state index in [4.69, 9.17) is 27.6 Å². The van der Waals surface area contributed by atoms with E-state index in [1.54, 1.807) is 24.5 Å². The zero-order chi connectivity index (χ0) is 19.4. The summed E-state index contributed by atoms with van der Waals surface area (Å²) < 4.78 is 7.37. The van der Waals surface area contributed by atoms with Gasteiger partial charge in [-0.15, -0.1) is 10.2 Å². The molecule has 0 atom stereocenters. The minimum atomic E-state index is -0.198. The van der Waals surface area contributed by atoms with E-state index >= 15 is 0 Å². The number of carbonyl (C=O) groups excluding carboxylic acids is 1. The summed E-state index contributed by atoms with van der Waals surface area (Å²) in [5.74, 6) is 1.50. The van der Waals surface area contributed by atoms with Crippen LogP contribution >= 0.6 is 35.0 Å². The first kappa shape index (κ1) is 19.8. The van der Waals surface area contributed by atoms with Crippen LogP contribution in [-0.2, 0) is 11.3 Å². The number of nitrogens with one attached hydrogen (secondary N) is 1. The van der Waals surface area contributed by atoms with Crippen LogP contribution in [0.3, 0.4) is 0 Å². The number of aryl methyl sites for hydroxylation is 1. The average molecular weight is 425 g/mol. The topological polar surface area (TPSA) is 73.0 Å². The van der Waals surface area contributed by atoms with Gasteiger partial charge in [0.05, 0.1) is 28.3 Å². The van der Waals surface area contributed by atoms with Crippen LogP contribution in [-0.4, -0.2) is 26.4 Å². The zero-order valence-corrected chi connectivity index (χ0v) is 17.2. The van der Waals surface area contributed by atoms with Gasteiger partial charge in [0.1, 0.15) is 5.76 Å². The van der Waals surface area contributed by atoms with E-state index in [-0.39, 0.29) is 11.7 Å². The van der Waals surface area contributed by atoms with Gasteiger partial charge in [-0.25, -0.2) is 0 Å². The summed E-state index contributed by atoms with van der Waals surface area (Å²) in [6, 6.07) is 6.80. The van der Waals surface area contributed by atoms with Crippen LogP contribution in [0.1, 0.15) is 19.1 Å². The standard InChI is InChI=1S/C18H18Cl2N4O2S/c1-3-7-24-17(13-6-8-26-11(13)2)22-23-18(24)27-10-16(25)21-15-9-12(19)4-5-14(15)20/h4-6,8-9H,3,7,10H2,1-2H3,(H,21,25). The number of aromatic nitrogens is 3. The molecule has 0 bridgehead atoms. The van der Waals surface area contributed by atoms with E-state index in [2.05, 4.69) is 22.4 Å². The number of nitrogens with zero attached hydrogens (tertiary/aromatic N) is 3. The Balaban J connectivity index is 1.72. The third-order valence-corrected chi connectivity index (χ3v) is 5.33. The van der Waals surface area contributed by atoms with E-state index < -0.39 is 0 Å². The lowest BCUT2D eigenvalue weighted by Crippen LogP contribution is -2.15. The largest absolute Gasteiger partial charge is 0.469 e. The van der Waals surface area contributed by atoms with Crippen LogP contribution in [0.25, 0.3) is 11.4 Å². The summed E-state index contributed by atoms with van der Waals surface area (Å²) in [6.45, 7) is 4.71. The zero-order valence-electron chi connectivity index (χ0n) is 14.8. The molecule has 0 fully saturated rings. The summed E-state index contributed by atoms with van der Waals surface area (Å²) >= 11 is 13.4. The fourth-order valence-corrected chi connectivity index (χ4v) is 3.65. The van der Waals surface area contributed by atoms with Crippen molar-refractivity contribution in [2.24, 2.45) is 0 Å². The number of anilines is 1. The fourth-order valence-electron chi connectivity index (χ4n) is 2.55. The van der Waals surface area contributed by atoms with Gasteiger partial charge in [0.25, 0.3) is 0 Å². The summed E-state index contributed by atoms with van der Waals surface area (Å²) in [5, 5.41) is 12.9. The highest BCUT2D eigenvalue weighted by molar-refractivity contribution is 7.99. The second kappa shape index (κ2) is 8.82. The number of hydrogen-bond donors (Lipinski definition) is 1. The number of carbonyl (C=O) groups is 1. The van der Waals surface area contributed by atoms with Crippen LogP contribution in [0.5, 0.6) is 0 Å². The number of thioether (sulfide) groups is 1. The molecule has 3 rings (SSSR count). The molecule has 0 radical (unpaired) electrons. The third kappa shape index (κ3) is 4.66. The lowest BCUT2D eigenvalue weighted by molar-refractivity contribution is -0.113. The lowest BCUT2D eigenvalue weighted by atomic mass is 10.2. The predicted octanol–water partition coefficient (Wildman–Crippen LogP) is 5.29. The maximum atomic E-state index is 12.3. The highest BCUT2D eigenvalue weighted by atomic mass is 35.5. The predicted molar refractivity (Wildman–Crippen MR) is 109 cm³/mol. The highest BCUT2D eigenvalue weighted by Gasteiger charge is 2.18. The summed E-state index contributed by atoms with van der Waals surface area (Å²) in [4.78, 5) is 12.3. The Kier molecular flexibility index (Phi) is 6.46. The molecule has 0 aliphatic rings. The maximum Gasteiger partial charge on any atom is 0.234 e. The van der Waals surface area contributed by atoms with E-state index in [9.17, 15) is 4.79 Å². The molecule has 0 aliphatic carbocycles. The Labute approximate surface area is 171 Å². The Morgan fingerprint density at radius 1 is 1.30 bits per heavy atom. The number of amides is 1. The number of halogens is 2. The fraction of sp³-hybridized carbons (Fsp3) is 0.278. The molecule has 1 aromatic carbocycles. The smallest absolute Gasteiger partial charge is 0.234 e. The lowest BCUT2D eigenvalue weighted by Gasteiger charge is -2.09. The minimum absolute atomic E-state index is 0.176. The number of furan rings is 1. The SMILES string of the molecule is CCCn1c(SCC(=O)Nc2cc(Cl)ccc2Cl)nnc1-c1ccoc1C. The van der Waals surface area contributed by atoms with Crippen LogP contribution in [0.15, 0.2) is 40.1 Å². The van der Waals surface area contributed by atoms with Crippen LogP contribution in [0, 0.1) is 6.92 Å². The Morgan fingerprint density at radius 2 is 2.11 bits per heavy atom. The van der Waals surface area contributed by atoms with Gasteiger partial charge < -0.3 is 14.3 Å². The second-order valence-corrected chi connectivity index (χ2v) is 7.60. The molecule has 3 aromatic rings. The van der Waals surface area contributed by atoms with Crippen molar-refractivity contribution in [1.82, 2.24) is 14.8 Å². The quantitative estimate of drug-likeness (QED) is 0.521. The van der Waals surface area contributed by atoms with Gasteiger partial charge in [0, 0.05) is 11.6 Å². The van der Waals surface area contributed by atoms with Gasteiger partial charge in [-0.1, -0.05) is 41.9 Å². The molecular formula is C18H18Cl2N4O2S. The van der Waals surface area contributed by atoms with Crippen molar-refractivity contribution in [1.29, 1.82) is 0 Å². The monoisotopic (exact) mass is 424 g/mol. The number of rotatable bonds is 7. The van der Waals surface area contributed by atoms with Crippen molar-refractivity contribution in [2.75, 3.05) is 11.1 Å². The first-order valence-electron chi connectivity index (χ1n) is 8.35. The van der Waals surface area contributed by atoms with E-state index in [1.807, 2.05) is 17.6 Å². The molecule has 9 heteroatoms. The van der Waals surface area contributed by atoms with Crippen LogP contribution in [0.4, 0.5) is 5.69 Å². The van der Waals surface area contributed by atoms with Crippen LogP contribution in [0.2, 0.25) is 10.0 Å². The molecule has 2 aromatic heterocycles. The maximum absolute atomic E-state index is 12.3. The molecule has 0 unspecified atom stereocenters. The molecule has 2 heterocycles. The van der Waals surface area contributed by atoms with Crippen LogP contribution < -0.4 is 5.32 Å². The summed E-state index contributed by atoms with van der Waals surface area (Å²) in [6.07, 6.45) is 2.55. The summed E-state index contributed by atoms with van der Waals surface area (Å²) in [5.41, 5.74) is 1.39. The average Bonchev–Trinajstić information content (AvgIpc) is 3.22. The van der Waals surface area contributed by atoms with Crippen molar-refractivity contribution < 1.29 is 9.21 Å². The molecule has 1 amide bonds. The number of benzene rings is 1. The Bertz CT molecular complexity index is 955. The van der Waals surface area contributed by atoms with Crippen molar-refractivity contribution in [3.05, 3.63) is 46.3 Å². The molecule has 0 aliphatic heterocycles. The molecule has 6 nitrogen and oxygen atoms in total.